The lowest BCUT2D eigenvalue weighted by Crippen LogP contribution is -2.35. The predicted molar refractivity (Wildman–Crippen MR) is 87.2 cm³/mol. The van der Waals surface area contributed by atoms with Gasteiger partial charge in [-0.25, -0.2) is 4.98 Å². The Morgan fingerprint density at radius 3 is 2.65 bits per heavy atom. The minimum Gasteiger partial charge on any atom is -0.368 e. The van der Waals surface area contributed by atoms with Crippen molar-refractivity contribution in [3.05, 3.63) is 34.6 Å². The second kappa shape index (κ2) is 6.91. The van der Waals surface area contributed by atoms with Gasteiger partial charge in [0.25, 0.3) is 5.56 Å². The Bertz CT molecular complexity index is 797. The molecule has 1 heterocycles. The molecule has 0 aliphatic rings. The van der Waals surface area contributed by atoms with Gasteiger partial charge in [-0.15, -0.1) is 0 Å². The normalized spacial score (nSPS) is 10.5. The topological polar surface area (TPSA) is 110 Å². The summed E-state index contributed by atoms with van der Waals surface area (Å²) in [6.07, 6.45) is 0.0636. The number of hydrogen-bond donors (Lipinski definition) is 2. The first-order valence-corrected chi connectivity index (χ1v) is 7.12. The maximum atomic E-state index is 12.6. The second-order valence-corrected chi connectivity index (χ2v) is 5.27. The highest BCUT2D eigenvalue weighted by Crippen LogP contribution is 2.13. The summed E-state index contributed by atoms with van der Waals surface area (Å²) in [5, 5.41) is 2.40. The number of hydrogen-bond acceptors (Lipinski definition) is 5. The van der Waals surface area contributed by atoms with Gasteiger partial charge in [0.2, 0.25) is 11.8 Å². The first kappa shape index (κ1) is 16.5. The van der Waals surface area contributed by atoms with Crippen LogP contribution in [0.1, 0.15) is 6.42 Å². The van der Waals surface area contributed by atoms with E-state index < -0.39 is 5.91 Å². The van der Waals surface area contributed by atoms with Crippen LogP contribution in [0.2, 0.25) is 0 Å². The highest BCUT2D eigenvalue weighted by Gasteiger charge is 2.13. The maximum absolute atomic E-state index is 12.6. The Hall–Kier alpha value is -2.90. The molecule has 0 radical (unpaired) electrons. The van der Waals surface area contributed by atoms with Gasteiger partial charge in [0, 0.05) is 27.1 Å². The van der Waals surface area contributed by atoms with Crippen molar-refractivity contribution >= 4 is 28.7 Å². The molecule has 2 rings (SSSR count). The minimum atomic E-state index is -0.611. The molecule has 0 fully saturated rings. The average Bonchev–Trinajstić information content (AvgIpc) is 2.51. The lowest BCUT2D eigenvalue weighted by molar-refractivity contribution is -0.124. The van der Waals surface area contributed by atoms with Crippen LogP contribution in [0, 0.1) is 0 Å². The van der Waals surface area contributed by atoms with Gasteiger partial charge in [-0.3, -0.25) is 14.4 Å². The average molecular weight is 317 g/mol. The number of nitrogens with one attached hydrogen (secondary N) is 1. The summed E-state index contributed by atoms with van der Waals surface area (Å²) in [5.74, 6) is -0.649. The number of benzene rings is 1. The van der Waals surface area contributed by atoms with E-state index in [1.165, 1.54) is 4.57 Å². The predicted octanol–water partition coefficient (Wildman–Crippen LogP) is -0.546. The monoisotopic (exact) mass is 317 g/mol. The van der Waals surface area contributed by atoms with Crippen LogP contribution < -0.4 is 21.5 Å². The van der Waals surface area contributed by atoms with Gasteiger partial charge in [0.15, 0.2) is 5.82 Å². The van der Waals surface area contributed by atoms with Crippen LogP contribution in [0.3, 0.4) is 0 Å². The molecule has 1 aromatic carbocycles. The van der Waals surface area contributed by atoms with E-state index in [9.17, 15) is 14.4 Å². The molecule has 8 heteroatoms. The molecule has 3 N–H and O–H groups in total. The number of para-hydroxylation sites is 2. The number of nitrogens with zero attached hydrogens (tertiary/aromatic N) is 3. The Kier molecular flexibility index (Phi) is 4.95. The second-order valence-electron chi connectivity index (χ2n) is 5.27. The summed E-state index contributed by atoms with van der Waals surface area (Å²) in [6.45, 7) is -0.0267. The van der Waals surface area contributed by atoms with E-state index in [1.807, 2.05) is 18.2 Å². The Morgan fingerprint density at radius 2 is 2.00 bits per heavy atom. The number of amides is 2. The van der Waals surface area contributed by atoms with Gasteiger partial charge in [-0.1, -0.05) is 12.1 Å². The molecule has 0 saturated carbocycles. The van der Waals surface area contributed by atoms with Crippen molar-refractivity contribution in [1.82, 2.24) is 14.9 Å². The number of rotatable bonds is 6. The zero-order valence-electron chi connectivity index (χ0n) is 13.1. The summed E-state index contributed by atoms with van der Waals surface area (Å²) < 4.78 is 1.52. The summed E-state index contributed by atoms with van der Waals surface area (Å²) in [5.41, 5.74) is 6.04. The Labute approximate surface area is 132 Å². The first-order chi connectivity index (χ1) is 10.9. The molecule has 8 nitrogen and oxygen atoms in total. The molecule has 122 valence electrons. The number of aromatic nitrogens is 2. The van der Waals surface area contributed by atoms with E-state index in [4.69, 9.17) is 5.73 Å². The van der Waals surface area contributed by atoms with Crippen molar-refractivity contribution in [2.45, 2.75) is 13.0 Å². The van der Waals surface area contributed by atoms with Crippen molar-refractivity contribution in [1.29, 1.82) is 0 Å². The molecule has 23 heavy (non-hydrogen) atoms. The lowest BCUT2D eigenvalue weighted by Gasteiger charge is -2.16. The summed E-state index contributed by atoms with van der Waals surface area (Å²) >= 11 is 0. The molecule has 0 unspecified atom stereocenters. The van der Waals surface area contributed by atoms with Crippen molar-refractivity contribution in [3.8, 4) is 0 Å². The summed E-state index contributed by atoms with van der Waals surface area (Å²) in [6, 6.07) is 7.24. The largest absolute Gasteiger partial charge is 0.368 e. The Morgan fingerprint density at radius 1 is 1.30 bits per heavy atom. The lowest BCUT2D eigenvalue weighted by atomic mass is 10.2. The minimum absolute atomic E-state index is 0.0636. The number of anilines is 1. The van der Waals surface area contributed by atoms with E-state index in [1.54, 1.807) is 25.1 Å². The van der Waals surface area contributed by atoms with Crippen LogP contribution >= 0.6 is 0 Å². The molecule has 0 atom stereocenters. The molecule has 0 spiro atoms. The molecule has 2 amide bonds. The van der Waals surface area contributed by atoms with Gasteiger partial charge in [-0.2, -0.15) is 0 Å². The highest BCUT2D eigenvalue weighted by molar-refractivity contribution is 5.83. The van der Waals surface area contributed by atoms with Crippen LogP contribution in [0.5, 0.6) is 0 Å². The van der Waals surface area contributed by atoms with Crippen molar-refractivity contribution in [3.63, 3.8) is 0 Å². The van der Waals surface area contributed by atoms with Gasteiger partial charge in [0.05, 0.1) is 17.6 Å². The Balaban J connectivity index is 2.31. The molecule has 0 bridgehead atoms. The zero-order valence-corrected chi connectivity index (χ0v) is 13.1. The van der Waals surface area contributed by atoms with Crippen LogP contribution in [0.4, 0.5) is 5.82 Å². The molecule has 0 saturated heterocycles. The van der Waals surface area contributed by atoms with Crippen molar-refractivity contribution < 1.29 is 9.59 Å². The van der Waals surface area contributed by atoms with Crippen molar-refractivity contribution in [2.75, 3.05) is 25.5 Å². The van der Waals surface area contributed by atoms with Gasteiger partial charge >= 0.3 is 0 Å². The highest BCUT2D eigenvalue weighted by atomic mass is 16.2. The quantitative estimate of drug-likeness (QED) is 0.743. The van der Waals surface area contributed by atoms with Crippen LogP contribution in [0.15, 0.2) is 29.1 Å². The summed E-state index contributed by atoms with van der Waals surface area (Å²) in [7, 11) is 3.48. The van der Waals surface area contributed by atoms with Gasteiger partial charge < -0.3 is 20.5 Å². The number of nitrogens with two attached hydrogens (primary N) is 1. The van der Waals surface area contributed by atoms with E-state index >= 15 is 0 Å². The molecule has 0 aliphatic carbocycles. The molecule has 1 aromatic heterocycles. The third kappa shape index (κ3) is 3.85. The van der Waals surface area contributed by atoms with Gasteiger partial charge in [0.1, 0.15) is 0 Å². The third-order valence-corrected chi connectivity index (χ3v) is 3.28. The fourth-order valence-corrected chi connectivity index (χ4v) is 2.18. The van der Waals surface area contributed by atoms with E-state index in [2.05, 4.69) is 10.3 Å². The smallest absolute Gasteiger partial charge is 0.293 e. The van der Waals surface area contributed by atoms with Crippen LogP contribution in [-0.4, -0.2) is 42.0 Å². The van der Waals surface area contributed by atoms with Crippen molar-refractivity contribution in [2.24, 2.45) is 5.73 Å². The van der Waals surface area contributed by atoms with Crippen LogP contribution in [-0.2, 0) is 16.1 Å². The number of carbonyl (C=O) groups is 2. The number of fused-ring (bicyclic) bond motifs is 1. The fourth-order valence-electron chi connectivity index (χ4n) is 2.18. The van der Waals surface area contributed by atoms with Gasteiger partial charge in [-0.05, 0) is 12.1 Å². The number of aryl methyl sites for hydroxylation is 1. The third-order valence-electron chi connectivity index (χ3n) is 3.28. The first-order valence-electron chi connectivity index (χ1n) is 7.12. The molecular formula is C15H19N5O3. The van der Waals surface area contributed by atoms with E-state index in [0.717, 1.165) is 0 Å². The maximum Gasteiger partial charge on any atom is 0.293 e. The molecular weight excluding hydrogens is 298 g/mol. The number of carbonyl (C=O) groups excluding carboxylic acids is 2. The van der Waals surface area contributed by atoms with E-state index in [-0.39, 0.29) is 31.0 Å². The number of primary amides is 1. The SMILES string of the molecule is CN(C)c1nc2ccccc2n(CCC(=O)NCC(N)=O)c1=O. The molecule has 0 aliphatic heterocycles. The zero-order chi connectivity index (χ0) is 17.0. The van der Waals surface area contributed by atoms with E-state index in [0.29, 0.717) is 16.9 Å². The molecule has 2 aromatic rings. The standard InChI is InChI=1S/C15H19N5O3/c1-19(2)14-15(23)20(8-7-13(22)17-9-12(16)21)11-6-4-3-5-10(11)18-14/h3-6H,7-9H2,1-2H3,(H2,16,21)(H,17,22). The summed E-state index contributed by atoms with van der Waals surface area (Å²) in [4.78, 5) is 40.9. The van der Waals surface area contributed by atoms with Crippen LogP contribution in [0.25, 0.3) is 11.0 Å². The fraction of sp³-hybridized carbons (Fsp3) is 0.333.